The molecule has 0 aliphatic rings. The van der Waals surface area contributed by atoms with Gasteiger partial charge in [0.15, 0.2) is 5.11 Å². The summed E-state index contributed by atoms with van der Waals surface area (Å²) in [7, 11) is 0. The van der Waals surface area contributed by atoms with Crippen molar-refractivity contribution in [2.45, 2.75) is 0 Å². The minimum absolute atomic E-state index is 0.0350. The van der Waals surface area contributed by atoms with Crippen molar-refractivity contribution in [1.82, 2.24) is 10.9 Å². The molecule has 0 saturated heterocycles. The predicted octanol–water partition coefficient (Wildman–Crippen LogP) is 4.75. The number of halogens is 2. The van der Waals surface area contributed by atoms with Crippen LogP contribution in [0.4, 0.5) is 11.4 Å². The van der Waals surface area contributed by atoms with Gasteiger partial charge in [-0.1, -0.05) is 23.2 Å². The fourth-order valence-corrected chi connectivity index (χ4v) is 3.91. The molecule has 0 unspecified atom stereocenters. The summed E-state index contributed by atoms with van der Waals surface area (Å²) in [6, 6.07) is 10.9. The van der Waals surface area contributed by atoms with Crippen LogP contribution >= 0.6 is 46.8 Å². The molecule has 138 valence electrons. The van der Waals surface area contributed by atoms with Crippen LogP contribution in [-0.2, 0) is 0 Å². The third kappa shape index (κ3) is 4.45. The van der Waals surface area contributed by atoms with Crippen LogP contribution in [0, 0.1) is 10.1 Å². The van der Waals surface area contributed by atoms with Gasteiger partial charge in [0, 0.05) is 32.9 Å². The van der Waals surface area contributed by atoms with Crippen LogP contribution < -0.4 is 16.2 Å². The number of hydrazine groups is 1. The van der Waals surface area contributed by atoms with Crippen LogP contribution in [0.5, 0.6) is 0 Å². The fraction of sp³-hybridized carbons (Fsp3) is 0. The van der Waals surface area contributed by atoms with E-state index >= 15 is 0 Å². The van der Waals surface area contributed by atoms with Crippen molar-refractivity contribution < 1.29 is 9.72 Å². The minimum Gasteiger partial charge on any atom is -0.331 e. The van der Waals surface area contributed by atoms with Crippen molar-refractivity contribution in [1.29, 1.82) is 0 Å². The van der Waals surface area contributed by atoms with E-state index in [-0.39, 0.29) is 10.8 Å². The molecule has 27 heavy (non-hydrogen) atoms. The Hall–Kier alpha value is -2.46. The standard InChI is InChI=1S/C16H10Cl2N4O3S2/c17-8-1-6-12-11(7-8)13(18)14(27-12)15(23)20-21-16(26)19-9-2-4-10(5-3-9)22(24)25/h1-7H,(H,20,23)(H2,19,21,26). The number of carbonyl (C=O) groups is 1. The molecule has 0 saturated carbocycles. The van der Waals surface area contributed by atoms with Crippen molar-refractivity contribution in [2.24, 2.45) is 0 Å². The zero-order chi connectivity index (χ0) is 19.6. The second-order valence-corrected chi connectivity index (χ2v) is 7.50. The van der Waals surface area contributed by atoms with Crippen LogP contribution in [0.3, 0.4) is 0 Å². The van der Waals surface area contributed by atoms with Gasteiger partial charge < -0.3 is 5.32 Å². The maximum absolute atomic E-state index is 12.4. The van der Waals surface area contributed by atoms with Crippen molar-refractivity contribution in [2.75, 3.05) is 5.32 Å². The second-order valence-electron chi connectivity index (χ2n) is 5.22. The number of non-ortho nitro benzene ring substituents is 1. The molecule has 0 aliphatic carbocycles. The molecule has 1 amide bonds. The number of amides is 1. The molecular weight excluding hydrogens is 431 g/mol. The summed E-state index contributed by atoms with van der Waals surface area (Å²) in [6.45, 7) is 0. The van der Waals surface area contributed by atoms with Gasteiger partial charge in [-0.2, -0.15) is 0 Å². The summed E-state index contributed by atoms with van der Waals surface area (Å²) in [5.74, 6) is -0.454. The first-order valence-corrected chi connectivity index (χ1v) is 9.32. The van der Waals surface area contributed by atoms with Crippen molar-refractivity contribution in [3.05, 3.63) is 67.5 Å². The number of thiocarbonyl (C=S) groups is 1. The van der Waals surface area contributed by atoms with Crippen LogP contribution in [0.25, 0.3) is 10.1 Å². The second kappa shape index (κ2) is 8.05. The number of benzene rings is 2. The predicted molar refractivity (Wildman–Crippen MR) is 112 cm³/mol. The molecule has 3 aromatic rings. The van der Waals surface area contributed by atoms with Crippen LogP contribution in [0.1, 0.15) is 9.67 Å². The molecule has 1 heterocycles. The molecule has 1 aromatic heterocycles. The molecule has 0 bridgehead atoms. The van der Waals surface area contributed by atoms with E-state index in [1.165, 1.54) is 35.6 Å². The first-order valence-electron chi connectivity index (χ1n) is 7.34. The summed E-state index contributed by atoms with van der Waals surface area (Å²) in [6.07, 6.45) is 0. The number of nitrogens with zero attached hydrogens (tertiary/aromatic N) is 1. The van der Waals surface area contributed by atoms with E-state index in [9.17, 15) is 14.9 Å². The summed E-state index contributed by atoms with van der Waals surface area (Å²) in [5.41, 5.74) is 5.51. The van der Waals surface area contributed by atoms with Gasteiger partial charge in [0.1, 0.15) is 4.88 Å². The fourth-order valence-electron chi connectivity index (χ4n) is 2.18. The number of hydrogen-bond donors (Lipinski definition) is 3. The third-order valence-electron chi connectivity index (χ3n) is 3.42. The van der Waals surface area contributed by atoms with E-state index in [0.717, 1.165) is 4.70 Å². The molecule has 0 radical (unpaired) electrons. The highest BCUT2D eigenvalue weighted by atomic mass is 35.5. The molecule has 7 nitrogen and oxygen atoms in total. The maximum atomic E-state index is 12.4. The number of anilines is 1. The Morgan fingerprint density at radius 2 is 1.81 bits per heavy atom. The minimum atomic E-state index is -0.498. The Morgan fingerprint density at radius 1 is 1.11 bits per heavy atom. The van der Waals surface area contributed by atoms with E-state index < -0.39 is 10.8 Å². The van der Waals surface area contributed by atoms with Crippen molar-refractivity contribution in [3.63, 3.8) is 0 Å². The van der Waals surface area contributed by atoms with Gasteiger partial charge in [-0.25, -0.2) is 0 Å². The highest BCUT2D eigenvalue weighted by molar-refractivity contribution is 7.80. The zero-order valence-electron chi connectivity index (χ0n) is 13.3. The number of nitro benzene ring substituents is 1. The molecule has 0 fully saturated rings. The van der Waals surface area contributed by atoms with Crippen LogP contribution in [0.2, 0.25) is 10.0 Å². The lowest BCUT2D eigenvalue weighted by atomic mass is 10.2. The van der Waals surface area contributed by atoms with E-state index in [1.54, 1.807) is 18.2 Å². The monoisotopic (exact) mass is 440 g/mol. The Morgan fingerprint density at radius 3 is 2.48 bits per heavy atom. The van der Waals surface area contributed by atoms with E-state index in [1.807, 2.05) is 0 Å². The zero-order valence-corrected chi connectivity index (χ0v) is 16.4. The number of carbonyl (C=O) groups excluding carboxylic acids is 1. The lowest BCUT2D eigenvalue weighted by molar-refractivity contribution is -0.384. The molecule has 0 atom stereocenters. The van der Waals surface area contributed by atoms with Gasteiger partial charge in [-0.3, -0.25) is 25.8 Å². The average molecular weight is 441 g/mol. The SMILES string of the molecule is O=C(NNC(=S)Nc1ccc([N+](=O)[O-])cc1)c1sc2ccc(Cl)cc2c1Cl. The lowest BCUT2D eigenvalue weighted by Gasteiger charge is -2.11. The van der Waals surface area contributed by atoms with Gasteiger partial charge in [-0.05, 0) is 42.5 Å². The Balaban J connectivity index is 1.62. The topological polar surface area (TPSA) is 96.3 Å². The maximum Gasteiger partial charge on any atom is 0.281 e. The summed E-state index contributed by atoms with van der Waals surface area (Å²) < 4.78 is 0.834. The summed E-state index contributed by atoms with van der Waals surface area (Å²) >= 11 is 18.5. The quantitative estimate of drug-likeness (QED) is 0.309. The largest absolute Gasteiger partial charge is 0.331 e. The Bertz CT molecular complexity index is 1050. The number of thiophene rings is 1. The highest BCUT2D eigenvalue weighted by Crippen LogP contribution is 2.36. The Labute approximate surface area is 172 Å². The van der Waals surface area contributed by atoms with Crippen molar-refractivity contribution >= 4 is 79.2 Å². The van der Waals surface area contributed by atoms with Gasteiger partial charge in [-0.15, -0.1) is 11.3 Å². The number of nitrogens with one attached hydrogen (secondary N) is 3. The molecule has 0 spiro atoms. The smallest absolute Gasteiger partial charge is 0.281 e. The number of rotatable bonds is 3. The van der Waals surface area contributed by atoms with Gasteiger partial charge in [0.25, 0.3) is 11.6 Å². The first kappa shape index (κ1) is 19.3. The normalized spacial score (nSPS) is 10.4. The number of hydrogen-bond acceptors (Lipinski definition) is 5. The van der Waals surface area contributed by atoms with E-state index in [2.05, 4.69) is 16.2 Å². The van der Waals surface area contributed by atoms with Crippen molar-refractivity contribution in [3.8, 4) is 0 Å². The molecule has 3 N–H and O–H groups in total. The summed E-state index contributed by atoms with van der Waals surface area (Å²) in [5, 5.41) is 15.1. The van der Waals surface area contributed by atoms with Crippen LogP contribution in [0.15, 0.2) is 42.5 Å². The average Bonchev–Trinajstić information content (AvgIpc) is 2.96. The van der Waals surface area contributed by atoms with Gasteiger partial charge in [0.05, 0.1) is 9.95 Å². The first-order chi connectivity index (χ1) is 12.8. The van der Waals surface area contributed by atoms with Gasteiger partial charge >= 0.3 is 0 Å². The Kier molecular flexibility index (Phi) is 5.76. The summed E-state index contributed by atoms with van der Waals surface area (Å²) in [4.78, 5) is 22.8. The number of fused-ring (bicyclic) bond motifs is 1. The highest BCUT2D eigenvalue weighted by Gasteiger charge is 2.17. The van der Waals surface area contributed by atoms with Gasteiger partial charge in [0.2, 0.25) is 0 Å². The van der Waals surface area contributed by atoms with E-state index in [0.29, 0.717) is 26.0 Å². The van der Waals surface area contributed by atoms with Crippen LogP contribution in [-0.4, -0.2) is 15.9 Å². The van der Waals surface area contributed by atoms with E-state index in [4.69, 9.17) is 35.4 Å². The molecule has 11 heteroatoms. The molecule has 0 aliphatic heterocycles. The third-order valence-corrected chi connectivity index (χ3v) is 5.53. The molecule has 2 aromatic carbocycles. The molecular formula is C16H10Cl2N4O3S2. The lowest BCUT2D eigenvalue weighted by Crippen LogP contribution is -2.43. The number of nitro groups is 1. The molecule has 3 rings (SSSR count).